The zero-order chi connectivity index (χ0) is 19.2. The second kappa shape index (κ2) is 6.28. The maximum Gasteiger partial charge on any atom is 0.433 e. The van der Waals surface area contributed by atoms with Gasteiger partial charge in [0, 0.05) is 16.7 Å². The van der Waals surface area contributed by atoms with Gasteiger partial charge in [-0.3, -0.25) is 9.89 Å². The summed E-state index contributed by atoms with van der Waals surface area (Å²) in [5, 5.41) is 2.66. The summed E-state index contributed by atoms with van der Waals surface area (Å²) in [7, 11) is 0. The number of fused-ring (bicyclic) bond motifs is 1. The standard InChI is InChI=1S/C19H11ClF3N3O/c20-13-8-6-11(7-9-13)14-10-15(27)26-18(24-14)16(12-4-2-1-3-5-12)17(25-26)19(21,22)23/h1-10,25H. The molecule has 0 fully saturated rings. The number of rotatable bonds is 2. The summed E-state index contributed by atoms with van der Waals surface area (Å²) in [6.45, 7) is 0. The highest BCUT2D eigenvalue weighted by Crippen LogP contribution is 2.38. The van der Waals surface area contributed by atoms with Crippen LogP contribution in [0, 0.1) is 0 Å². The number of alkyl halides is 3. The molecule has 2 aromatic carbocycles. The molecule has 4 aromatic rings. The Morgan fingerprint density at radius 1 is 0.963 bits per heavy atom. The van der Waals surface area contributed by atoms with Gasteiger partial charge in [-0.15, -0.1) is 0 Å². The van der Waals surface area contributed by atoms with Gasteiger partial charge < -0.3 is 0 Å². The molecule has 0 unspecified atom stereocenters. The minimum absolute atomic E-state index is 0.0917. The Morgan fingerprint density at radius 2 is 1.63 bits per heavy atom. The topological polar surface area (TPSA) is 50.2 Å². The Hall–Kier alpha value is -3.06. The summed E-state index contributed by atoms with van der Waals surface area (Å²) >= 11 is 5.87. The molecule has 8 heteroatoms. The highest BCUT2D eigenvalue weighted by molar-refractivity contribution is 6.30. The fourth-order valence-corrected chi connectivity index (χ4v) is 3.02. The number of aromatic amines is 1. The third-order valence-corrected chi connectivity index (χ3v) is 4.35. The van der Waals surface area contributed by atoms with Gasteiger partial charge in [-0.25, -0.2) is 9.50 Å². The van der Waals surface area contributed by atoms with E-state index in [-0.39, 0.29) is 16.9 Å². The monoisotopic (exact) mass is 389 g/mol. The van der Waals surface area contributed by atoms with E-state index < -0.39 is 17.4 Å². The summed E-state index contributed by atoms with van der Waals surface area (Å²) in [5.41, 5.74) is -0.774. The number of benzene rings is 2. The first kappa shape index (κ1) is 17.4. The first-order valence-corrected chi connectivity index (χ1v) is 8.27. The molecule has 0 amide bonds. The number of hydrogen-bond acceptors (Lipinski definition) is 2. The molecule has 2 aromatic heterocycles. The fourth-order valence-electron chi connectivity index (χ4n) is 2.89. The van der Waals surface area contributed by atoms with Gasteiger partial charge in [0.25, 0.3) is 5.56 Å². The average molecular weight is 390 g/mol. The van der Waals surface area contributed by atoms with Crippen molar-refractivity contribution in [1.29, 1.82) is 0 Å². The van der Waals surface area contributed by atoms with Crippen molar-refractivity contribution in [3.63, 3.8) is 0 Å². The van der Waals surface area contributed by atoms with Crippen LogP contribution in [-0.4, -0.2) is 14.6 Å². The van der Waals surface area contributed by atoms with Crippen molar-refractivity contribution in [2.45, 2.75) is 6.18 Å². The van der Waals surface area contributed by atoms with Crippen molar-refractivity contribution >= 4 is 17.2 Å². The number of hydrogen-bond donors (Lipinski definition) is 1. The van der Waals surface area contributed by atoms with Gasteiger partial charge in [0.05, 0.1) is 11.3 Å². The Balaban J connectivity index is 2.06. The molecule has 0 radical (unpaired) electrons. The van der Waals surface area contributed by atoms with Crippen molar-refractivity contribution < 1.29 is 13.2 Å². The number of nitrogens with one attached hydrogen (secondary N) is 1. The van der Waals surface area contributed by atoms with Gasteiger partial charge in [-0.05, 0) is 17.7 Å². The second-order valence-electron chi connectivity index (χ2n) is 5.87. The molecule has 0 bridgehead atoms. The number of aromatic nitrogens is 3. The van der Waals surface area contributed by atoms with Crippen molar-refractivity contribution in [3.05, 3.63) is 81.7 Å². The number of nitrogens with zero attached hydrogens (tertiary/aromatic N) is 2. The smallest absolute Gasteiger partial charge is 0.284 e. The summed E-state index contributed by atoms with van der Waals surface area (Å²) in [6, 6.07) is 15.8. The van der Waals surface area contributed by atoms with E-state index in [0.717, 1.165) is 4.52 Å². The molecule has 0 aliphatic heterocycles. The first-order chi connectivity index (χ1) is 12.8. The molecule has 0 saturated carbocycles. The van der Waals surface area contributed by atoms with Gasteiger partial charge in [0.2, 0.25) is 0 Å². The van der Waals surface area contributed by atoms with Crippen LogP contribution in [0.1, 0.15) is 5.69 Å². The minimum Gasteiger partial charge on any atom is -0.284 e. The van der Waals surface area contributed by atoms with E-state index in [2.05, 4.69) is 10.1 Å². The van der Waals surface area contributed by atoms with Crippen LogP contribution in [0.2, 0.25) is 5.02 Å². The lowest BCUT2D eigenvalue weighted by molar-refractivity contribution is -0.140. The lowest BCUT2D eigenvalue weighted by atomic mass is 10.1. The molecule has 0 spiro atoms. The first-order valence-electron chi connectivity index (χ1n) is 7.89. The van der Waals surface area contributed by atoms with E-state index in [9.17, 15) is 18.0 Å². The molecule has 0 aliphatic carbocycles. The lowest BCUT2D eigenvalue weighted by Crippen LogP contribution is -2.15. The number of halogens is 4. The van der Waals surface area contributed by atoms with Crippen LogP contribution in [0.25, 0.3) is 28.0 Å². The Kier molecular flexibility index (Phi) is 4.04. The molecule has 4 rings (SSSR count). The van der Waals surface area contributed by atoms with Crippen LogP contribution in [0.4, 0.5) is 13.2 Å². The van der Waals surface area contributed by atoms with Crippen LogP contribution in [0.15, 0.2) is 65.5 Å². The third kappa shape index (κ3) is 3.10. The third-order valence-electron chi connectivity index (χ3n) is 4.10. The maximum absolute atomic E-state index is 13.6. The summed E-state index contributed by atoms with van der Waals surface area (Å²) in [4.78, 5) is 16.8. The van der Waals surface area contributed by atoms with E-state index in [0.29, 0.717) is 16.1 Å². The molecule has 0 saturated heterocycles. The van der Waals surface area contributed by atoms with E-state index in [4.69, 9.17) is 11.6 Å². The molecule has 2 heterocycles. The van der Waals surface area contributed by atoms with Crippen LogP contribution in [0.3, 0.4) is 0 Å². The van der Waals surface area contributed by atoms with Gasteiger partial charge in [0.15, 0.2) is 5.65 Å². The van der Waals surface area contributed by atoms with Crippen molar-refractivity contribution in [2.24, 2.45) is 0 Å². The largest absolute Gasteiger partial charge is 0.433 e. The zero-order valence-electron chi connectivity index (χ0n) is 13.6. The summed E-state index contributed by atoms with van der Waals surface area (Å²) in [5.74, 6) is 0. The van der Waals surface area contributed by atoms with Gasteiger partial charge >= 0.3 is 6.18 Å². The van der Waals surface area contributed by atoms with E-state index in [1.807, 2.05) is 0 Å². The van der Waals surface area contributed by atoms with E-state index in [1.54, 1.807) is 54.6 Å². The van der Waals surface area contributed by atoms with Crippen LogP contribution in [0.5, 0.6) is 0 Å². The second-order valence-corrected chi connectivity index (χ2v) is 6.31. The quantitative estimate of drug-likeness (QED) is 0.523. The fraction of sp³-hybridized carbons (Fsp3) is 0.0526. The minimum atomic E-state index is -4.67. The summed E-state index contributed by atoms with van der Waals surface area (Å²) in [6.07, 6.45) is -4.67. The molecule has 136 valence electrons. The predicted octanol–water partition coefficient (Wildman–Crippen LogP) is 5.03. The van der Waals surface area contributed by atoms with Gasteiger partial charge in [-0.1, -0.05) is 54.1 Å². The molecule has 1 N–H and O–H groups in total. The van der Waals surface area contributed by atoms with Gasteiger partial charge in [-0.2, -0.15) is 13.2 Å². The molecule has 4 nitrogen and oxygen atoms in total. The highest BCUT2D eigenvalue weighted by atomic mass is 35.5. The Bertz CT molecular complexity index is 1180. The Morgan fingerprint density at radius 3 is 2.26 bits per heavy atom. The van der Waals surface area contributed by atoms with Crippen molar-refractivity contribution in [1.82, 2.24) is 14.6 Å². The molecule has 0 aliphatic rings. The highest BCUT2D eigenvalue weighted by Gasteiger charge is 2.38. The zero-order valence-corrected chi connectivity index (χ0v) is 14.3. The maximum atomic E-state index is 13.6. The van der Waals surface area contributed by atoms with Crippen molar-refractivity contribution in [3.8, 4) is 22.4 Å². The van der Waals surface area contributed by atoms with Crippen LogP contribution < -0.4 is 5.56 Å². The SMILES string of the molecule is O=c1cc(-c2ccc(Cl)cc2)nc2c(-c3ccccc3)c(C(F)(F)F)[nH]n12. The molecular formula is C19H11ClF3N3O. The van der Waals surface area contributed by atoms with E-state index in [1.165, 1.54) is 6.07 Å². The average Bonchev–Trinajstić information content (AvgIpc) is 3.03. The Labute approximate surface area is 155 Å². The van der Waals surface area contributed by atoms with Crippen molar-refractivity contribution in [2.75, 3.05) is 0 Å². The van der Waals surface area contributed by atoms with Gasteiger partial charge in [0.1, 0.15) is 5.69 Å². The summed E-state index contributed by atoms with van der Waals surface area (Å²) < 4.78 is 41.6. The van der Waals surface area contributed by atoms with Crippen LogP contribution in [-0.2, 0) is 6.18 Å². The molecular weight excluding hydrogens is 379 g/mol. The normalized spacial score (nSPS) is 11.9. The van der Waals surface area contributed by atoms with Crippen LogP contribution >= 0.6 is 11.6 Å². The predicted molar refractivity (Wildman–Crippen MR) is 96.7 cm³/mol. The molecule has 0 atom stereocenters. The lowest BCUT2D eigenvalue weighted by Gasteiger charge is -2.07. The van der Waals surface area contributed by atoms with E-state index >= 15 is 0 Å². The number of H-pyrrole nitrogens is 1. The molecule has 27 heavy (non-hydrogen) atoms.